The highest BCUT2D eigenvalue weighted by Crippen LogP contribution is 2.32. The Labute approximate surface area is 67.7 Å². The number of fused-ring (bicyclic) bond motifs is 1. The van der Waals surface area contributed by atoms with Crippen LogP contribution in [0.5, 0.6) is 0 Å². The third-order valence-electron chi connectivity index (χ3n) is 2.60. The quantitative estimate of drug-likeness (QED) is 0.482. The molecule has 1 aliphatic carbocycles. The third kappa shape index (κ3) is 1.14. The van der Waals surface area contributed by atoms with Gasteiger partial charge in [0.05, 0.1) is 12.7 Å². The molecule has 1 atom stereocenters. The summed E-state index contributed by atoms with van der Waals surface area (Å²) in [6.45, 7) is 5.22. The molecule has 1 heterocycles. The predicted molar refractivity (Wildman–Crippen MR) is 45.4 cm³/mol. The van der Waals surface area contributed by atoms with Gasteiger partial charge in [0, 0.05) is 0 Å². The molecule has 0 amide bonds. The Morgan fingerprint density at radius 3 is 3.00 bits per heavy atom. The van der Waals surface area contributed by atoms with Crippen LogP contribution >= 0.6 is 0 Å². The van der Waals surface area contributed by atoms with E-state index in [1.54, 1.807) is 0 Å². The smallest absolute Gasteiger partial charge is 0.0977 e. The van der Waals surface area contributed by atoms with Crippen molar-refractivity contribution in [2.45, 2.75) is 32.8 Å². The Hall–Kier alpha value is -0.560. The lowest BCUT2D eigenvalue weighted by atomic mass is 9.92. The van der Waals surface area contributed by atoms with Crippen LogP contribution in [0.1, 0.15) is 26.7 Å². The van der Waals surface area contributed by atoms with Crippen molar-refractivity contribution in [3.05, 3.63) is 22.8 Å². The molecule has 0 aromatic heterocycles. The molecule has 0 spiro atoms. The van der Waals surface area contributed by atoms with Gasteiger partial charge in [0.15, 0.2) is 0 Å². The van der Waals surface area contributed by atoms with E-state index < -0.39 is 0 Å². The van der Waals surface area contributed by atoms with E-state index in [4.69, 9.17) is 4.74 Å². The number of ether oxygens (including phenoxy) is 1. The summed E-state index contributed by atoms with van der Waals surface area (Å²) < 4.78 is 5.59. The van der Waals surface area contributed by atoms with Crippen molar-refractivity contribution in [2.75, 3.05) is 6.61 Å². The minimum Gasteiger partial charge on any atom is -0.365 e. The first-order chi connectivity index (χ1) is 5.27. The minimum absolute atomic E-state index is 0.337. The second kappa shape index (κ2) is 2.49. The normalized spacial score (nSPS) is 30.4. The lowest BCUT2D eigenvalue weighted by Crippen LogP contribution is -2.11. The largest absolute Gasteiger partial charge is 0.365 e. The van der Waals surface area contributed by atoms with Crippen LogP contribution in [0.3, 0.4) is 0 Å². The molecule has 0 saturated heterocycles. The summed E-state index contributed by atoms with van der Waals surface area (Å²) in [5.74, 6) is 0. The van der Waals surface area contributed by atoms with E-state index in [-0.39, 0.29) is 0 Å². The zero-order chi connectivity index (χ0) is 7.84. The van der Waals surface area contributed by atoms with Gasteiger partial charge in [-0.1, -0.05) is 11.6 Å². The van der Waals surface area contributed by atoms with Gasteiger partial charge in [-0.05, 0) is 37.8 Å². The van der Waals surface area contributed by atoms with Gasteiger partial charge >= 0.3 is 0 Å². The van der Waals surface area contributed by atoms with Gasteiger partial charge in [-0.3, -0.25) is 0 Å². The van der Waals surface area contributed by atoms with Gasteiger partial charge in [0.2, 0.25) is 0 Å². The van der Waals surface area contributed by atoms with Crippen molar-refractivity contribution in [1.29, 1.82) is 0 Å². The van der Waals surface area contributed by atoms with Crippen LogP contribution < -0.4 is 0 Å². The van der Waals surface area contributed by atoms with Crippen molar-refractivity contribution in [3.63, 3.8) is 0 Å². The molecule has 2 aliphatic rings. The summed E-state index contributed by atoms with van der Waals surface area (Å²) >= 11 is 0. The van der Waals surface area contributed by atoms with Gasteiger partial charge < -0.3 is 4.74 Å². The molecule has 2 rings (SSSR count). The van der Waals surface area contributed by atoms with Crippen LogP contribution in [0.15, 0.2) is 22.8 Å². The maximum Gasteiger partial charge on any atom is 0.0977 e. The fourth-order valence-corrected chi connectivity index (χ4v) is 1.83. The van der Waals surface area contributed by atoms with Crippen molar-refractivity contribution >= 4 is 0 Å². The fourth-order valence-electron chi connectivity index (χ4n) is 1.83. The SMILES string of the molecule is CC1=CC2OCC(C)=C2CC1. The van der Waals surface area contributed by atoms with E-state index in [1.165, 1.54) is 29.6 Å². The molecule has 60 valence electrons. The summed E-state index contributed by atoms with van der Waals surface area (Å²) in [5, 5.41) is 0. The molecule has 0 aromatic rings. The Balaban J connectivity index is 2.30. The fraction of sp³-hybridized carbons (Fsp3) is 0.600. The highest BCUT2D eigenvalue weighted by Gasteiger charge is 2.24. The van der Waals surface area contributed by atoms with E-state index in [2.05, 4.69) is 19.9 Å². The monoisotopic (exact) mass is 150 g/mol. The predicted octanol–water partition coefficient (Wildman–Crippen LogP) is 2.44. The van der Waals surface area contributed by atoms with E-state index in [0.29, 0.717) is 6.10 Å². The first kappa shape index (κ1) is 7.11. The summed E-state index contributed by atoms with van der Waals surface area (Å²) in [5.41, 5.74) is 4.47. The Morgan fingerprint density at radius 2 is 2.18 bits per heavy atom. The molecule has 0 saturated carbocycles. The number of hydrogen-bond acceptors (Lipinski definition) is 1. The number of rotatable bonds is 0. The van der Waals surface area contributed by atoms with Crippen LogP contribution in [0.4, 0.5) is 0 Å². The molecule has 1 aliphatic heterocycles. The molecular formula is C10H14O. The summed E-state index contributed by atoms with van der Waals surface area (Å²) in [4.78, 5) is 0. The molecule has 11 heavy (non-hydrogen) atoms. The number of allylic oxidation sites excluding steroid dienone is 1. The van der Waals surface area contributed by atoms with Crippen molar-refractivity contribution in [3.8, 4) is 0 Å². The first-order valence-electron chi connectivity index (χ1n) is 4.25. The van der Waals surface area contributed by atoms with Crippen molar-refractivity contribution in [2.24, 2.45) is 0 Å². The lowest BCUT2D eigenvalue weighted by molar-refractivity contribution is 0.148. The van der Waals surface area contributed by atoms with Crippen LogP contribution in [-0.4, -0.2) is 12.7 Å². The molecule has 0 aromatic carbocycles. The van der Waals surface area contributed by atoms with Crippen molar-refractivity contribution < 1.29 is 4.74 Å². The topological polar surface area (TPSA) is 9.23 Å². The van der Waals surface area contributed by atoms with Crippen LogP contribution in [0.2, 0.25) is 0 Å². The van der Waals surface area contributed by atoms with E-state index in [0.717, 1.165) is 6.61 Å². The minimum atomic E-state index is 0.337. The van der Waals surface area contributed by atoms with Gasteiger partial charge in [-0.2, -0.15) is 0 Å². The number of hydrogen-bond donors (Lipinski definition) is 0. The lowest BCUT2D eigenvalue weighted by Gasteiger charge is -2.17. The molecule has 1 nitrogen and oxygen atoms in total. The maximum absolute atomic E-state index is 5.59. The van der Waals surface area contributed by atoms with Gasteiger partial charge in [-0.25, -0.2) is 0 Å². The average molecular weight is 150 g/mol. The zero-order valence-electron chi connectivity index (χ0n) is 7.18. The highest BCUT2D eigenvalue weighted by molar-refractivity contribution is 5.31. The molecule has 1 unspecified atom stereocenters. The van der Waals surface area contributed by atoms with Crippen molar-refractivity contribution in [1.82, 2.24) is 0 Å². The Kier molecular flexibility index (Phi) is 1.61. The molecule has 1 heteroatoms. The molecule has 0 radical (unpaired) electrons. The summed E-state index contributed by atoms with van der Waals surface area (Å²) in [6.07, 6.45) is 5.05. The molecule has 0 fully saturated rings. The second-order valence-corrected chi connectivity index (χ2v) is 3.55. The molecule has 0 N–H and O–H groups in total. The summed E-state index contributed by atoms with van der Waals surface area (Å²) in [7, 11) is 0. The standard InChI is InChI=1S/C10H14O/c1-7-3-4-9-8(2)6-11-10(9)5-7/h5,10H,3-4,6H2,1-2H3. The van der Waals surface area contributed by atoms with E-state index in [1.807, 2.05) is 0 Å². The highest BCUT2D eigenvalue weighted by atomic mass is 16.5. The maximum atomic E-state index is 5.59. The van der Waals surface area contributed by atoms with Crippen LogP contribution in [0.25, 0.3) is 0 Å². The second-order valence-electron chi connectivity index (χ2n) is 3.55. The Morgan fingerprint density at radius 1 is 1.36 bits per heavy atom. The van der Waals surface area contributed by atoms with E-state index >= 15 is 0 Å². The molecule has 0 bridgehead atoms. The van der Waals surface area contributed by atoms with Crippen LogP contribution in [-0.2, 0) is 4.74 Å². The van der Waals surface area contributed by atoms with Crippen LogP contribution in [0, 0.1) is 0 Å². The van der Waals surface area contributed by atoms with Gasteiger partial charge in [0.1, 0.15) is 0 Å². The first-order valence-corrected chi connectivity index (χ1v) is 4.25. The van der Waals surface area contributed by atoms with Gasteiger partial charge in [0.25, 0.3) is 0 Å². The van der Waals surface area contributed by atoms with Gasteiger partial charge in [-0.15, -0.1) is 0 Å². The Bertz CT molecular complexity index is 235. The third-order valence-corrected chi connectivity index (χ3v) is 2.60. The summed E-state index contributed by atoms with van der Waals surface area (Å²) in [6, 6.07) is 0. The van der Waals surface area contributed by atoms with E-state index in [9.17, 15) is 0 Å². The zero-order valence-corrected chi connectivity index (χ0v) is 7.18. The average Bonchev–Trinajstić information content (AvgIpc) is 2.32. The molecular weight excluding hydrogens is 136 g/mol.